The second-order valence-corrected chi connectivity index (χ2v) is 9.09. The summed E-state index contributed by atoms with van der Waals surface area (Å²) in [4.78, 5) is 8.36. The molecule has 0 amide bonds. The van der Waals surface area contributed by atoms with Gasteiger partial charge in [0.2, 0.25) is 10.0 Å². The Labute approximate surface area is 165 Å². The van der Waals surface area contributed by atoms with Crippen molar-refractivity contribution >= 4 is 26.0 Å². The number of hydrogen-bond acceptors (Lipinski definition) is 7. The molecule has 2 aliphatic rings. The third-order valence-electron chi connectivity index (χ3n) is 4.36. The molecule has 27 heavy (non-hydrogen) atoms. The molecule has 3 heterocycles. The lowest BCUT2D eigenvalue weighted by atomic mass is 10.1. The molecular formula is C17H18BrN3O5S. The number of sulfonamides is 1. The molecule has 0 radical (unpaired) electrons. The van der Waals surface area contributed by atoms with E-state index < -0.39 is 10.0 Å². The summed E-state index contributed by atoms with van der Waals surface area (Å²) in [5, 5.41) is 0. The van der Waals surface area contributed by atoms with E-state index in [0.717, 1.165) is 10.9 Å². The average Bonchev–Trinajstić information content (AvgIpc) is 2.69. The number of rotatable bonds is 4. The van der Waals surface area contributed by atoms with Crippen LogP contribution in [0.1, 0.15) is 12.8 Å². The Morgan fingerprint density at radius 2 is 1.89 bits per heavy atom. The number of aromatic nitrogens is 2. The summed E-state index contributed by atoms with van der Waals surface area (Å²) in [6.07, 6.45) is 4.33. The maximum atomic E-state index is 13.1. The van der Waals surface area contributed by atoms with Crippen molar-refractivity contribution < 1.29 is 22.6 Å². The molecule has 0 spiro atoms. The Bertz CT molecular complexity index is 923. The topological polar surface area (TPSA) is 90.9 Å². The predicted octanol–water partition coefficient (Wildman–Crippen LogP) is 2.24. The van der Waals surface area contributed by atoms with Crippen LogP contribution in [0.5, 0.6) is 17.5 Å². The zero-order valence-corrected chi connectivity index (χ0v) is 16.8. The predicted molar refractivity (Wildman–Crippen MR) is 99.6 cm³/mol. The second-order valence-electron chi connectivity index (χ2n) is 6.23. The number of benzene rings is 1. The number of fused-ring (bicyclic) bond motifs is 1. The van der Waals surface area contributed by atoms with Gasteiger partial charge in [-0.05, 0) is 40.9 Å². The Hall–Kier alpha value is -1.91. The van der Waals surface area contributed by atoms with Crippen LogP contribution >= 0.6 is 15.9 Å². The van der Waals surface area contributed by atoms with E-state index >= 15 is 0 Å². The number of piperidine rings is 1. The van der Waals surface area contributed by atoms with Crippen LogP contribution in [0.3, 0.4) is 0 Å². The lowest BCUT2D eigenvalue weighted by Gasteiger charge is -2.31. The normalized spacial score (nSPS) is 20.3. The fourth-order valence-corrected chi connectivity index (χ4v) is 4.79. The van der Waals surface area contributed by atoms with Crippen LogP contribution in [-0.4, -0.2) is 55.1 Å². The Morgan fingerprint density at radius 3 is 2.67 bits per heavy atom. The molecule has 1 atom stereocenters. The van der Waals surface area contributed by atoms with Crippen LogP contribution in [0.2, 0.25) is 0 Å². The van der Waals surface area contributed by atoms with Crippen molar-refractivity contribution in [2.24, 2.45) is 0 Å². The van der Waals surface area contributed by atoms with Crippen LogP contribution in [0.4, 0.5) is 0 Å². The number of ether oxygens (including phenoxy) is 3. The molecule has 10 heteroatoms. The third kappa shape index (κ3) is 4.02. The van der Waals surface area contributed by atoms with Gasteiger partial charge in [0.25, 0.3) is 0 Å². The minimum atomic E-state index is -3.66. The molecule has 144 valence electrons. The van der Waals surface area contributed by atoms with Crippen molar-refractivity contribution in [3.05, 3.63) is 35.1 Å². The number of nitrogens with zero attached hydrogens (tertiary/aromatic N) is 3. The van der Waals surface area contributed by atoms with Gasteiger partial charge in [-0.1, -0.05) is 0 Å². The Morgan fingerprint density at radius 1 is 1.15 bits per heavy atom. The van der Waals surface area contributed by atoms with Gasteiger partial charge in [-0.25, -0.2) is 18.4 Å². The highest BCUT2D eigenvalue weighted by atomic mass is 79.9. The van der Waals surface area contributed by atoms with Crippen LogP contribution < -0.4 is 14.2 Å². The van der Waals surface area contributed by atoms with E-state index in [4.69, 9.17) is 14.2 Å². The Balaban J connectivity index is 1.50. The van der Waals surface area contributed by atoms with E-state index in [-0.39, 0.29) is 23.6 Å². The first-order valence-electron chi connectivity index (χ1n) is 8.56. The lowest BCUT2D eigenvalue weighted by molar-refractivity contribution is 0.119. The van der Waals surface area contributed by atoms with Crippen molar-refractivity contribution in [2.45, 2.75) is 23.8 Å². The van der Waals surface area contributed by atoms with Crippen molar-refractivity contribution in [1.82, 2.24) is 14.3 Å². The molecule has 4 rings (SSSR count). The standard InChI is InChI=1S/C17H18BrN3O5S/c18-12-9-19-17(20-10-12)26-13-2-1-5-21(11-13)27(22,23)14-3-4-15-16(8-14)25-7-6-24-15/h3-4,8-10,13H,1-2,5-7,11H2. The van der Waals surface area contributed by atoms with Gasteiger partial charge in [0.05, 0.1) is 15.9 Å². The smallest absolute Gasteiger partial charge is 0.316 e. The average molecular weight is 456 g/mol. The fraction of sp³-hybridized carbons (Fsp3) is 0.412. The van der Waals surface area contributed by atoms with Gasteiger partial charge in [0.15, 0.2) is 11.5 Å². The molecule has 2 aliphatic heterocycles. The molecular weight excluding hydrogens is 438 g/mol. The van der Waals surface area contributed by atoms with Gasteiger partial charge in [-0.2, -0.15) is 4.31 Å². The molecule has 2 aromatic rings. The van der Waals surface area contributed by atoms with E-state index in [2.05, 4.69) is 25.9 Å². The SMILES string of the molecule is O=S(=O)(c1ccc2c(c1)OCCO2)N1CCCC(Oc2ncc(Br)cn2)C1. The number of halogens is 1. The van der Waals surface area contributed by atoms with Crippen molar-refractivity contribution in [2.75, 3.05) is 26.3 Å². The van der Waals surface area contributed by atoms with Crippen molar-refractivity contribution in [3.63, 3.8) is 0 Å². The molecule has 8 nitrogen and oxygen atoms in total. The molecule has 0 saturated carbocycles. The van der Waals surface area contributed by atoms with Gasteiger partial charge < -0.3 is 14.2 Å². The first kappa shape index (κ1) is 18.5. The van der Waals surface area contributed by atoms with Crippen LogP contribution in [0.25, 0.3) is 0 Å². The third-order valence-corrected chi connectivity index (χ3v) is 6.63. The maximum Gasteiger partial charge on any atom is 0.316 e. The summed E-state index contributed by atoms with van der Waals surface area (Å²) in [5.74, 6) is 1.02. The van der Waals surface area contributed by atoms with E-state index in [1.165, 1.54) is 10.4 Å². The zero-order chi connectivity index (χ0) is 18.9. The summed E-state index contributed by atoms with van der Waals surface area (Å²) >= 11 is 3.27. The first-order valence-corrected chi connectivity index (χ1v) is 10.8. The van der Waals surface area contributed by atoms with E-state index in [9.17, 15) is 8.42 Å². The minimum Gasteiger partial charge on any atom is -0.486 e. The van der Waals surface area contributed by atoms with Crippen LogP contribution in [0.15, 0.2) is 40.0 Å². The molecule has 0 aliphatic carbocycles. The summed E-state index contributed by atoms with van der Waals surface area (Å²) < 4.78 is 45.0. The summed E-state index contributed by atoms with van der Waals surface area (Å²) in [5.41, 5.74) is 0. The molecule has 0 N–H and O–H groups in total. The fourth-order valence-electron chi connectivity index (χ4n) is 3.06. The van der Waals surface area contributed by atoms with Gasteiger partial charge >= 0.3 is 6.01 Å². The van der Waals surface area contributed by atoms with Gasteiger partial charge in [0.1, 0.15) is 19.3 Å². The molecule has 1 fully saturated rings. The minimum absolute atomic E-state index is 0.187. The largest absolute Gasteiger partial charge is 0.486 e. The van der Waals surface area contributed by atoms with E-state index in [1.54, 1.807) is 24.5 Å². The molecule has 1 unspecified atom stereocenters. The monoisotopic (exact) mass is 455 g/mol. The molecule has 1 aromatic carbocycles. The zero-order valence-electron chi connectivity index (χ0n) is 14.4. The van der Waals surface area contributed by atoms with Gasteiger partial charge in [0, 0.05) is 25.0 Å². The second kappa shape index (κ2) is 7.61. The van der Waals surface area contributed by atoms with E-state index in [1.807, 2.05) is 0 Å². The summed E-state index contributed by atoms with van der Waals surface area (Å²) in [6, 6.07) is 4.94. The maximum absolute atomic E-state index is 13.1. The number of hydrogen-bond donors (Lipinski definition) is 0. The van der Waals surface area contributed by atoms with Crippen LogP contribution in [0, 0.1) is 0 Å². The van der Waals surface area contributed by atoms with Crippen molar-refractivity contribution in [3.8, 4) is 17.5 Å². The first-order chi connectivity index (χ1) is 13.0. The highest BCUT2D eigenvalue weighted by Gasteiger charge is 2.32. The molecule has 1 saturated heterocycles. The molecule has 0 bridgehead atoms. The summed E-state index contributed by atoms with van der Waals surface area (Å²) in [6.45, 7) is 1.56. The highest BCUT2D eigenvalue weighted by Crippen LogP contribution is 2.33. The quantitative estimate of drug-likeness (QED) is 0.697. The molecule has 1 aromatic heterocycles. The van der Waals surface area contributed by atoms with Crippen molar-refractivity contribution in [1.29, 1.82) is 0 Å². The summed E-state index contributed by atoms with van der Waals surface area (Å²) in [7, 11) is -3.66. The van der Waals surface area contributed by atoms with Gasteiger partial charge in [-0.15, -0.1) is 0 Å². The van der Waals surface area contributed by atoms with Crippen LogP contribution in [-0.2, 0) is 10.0 Å². The Kier molecular flexibility index (Phi) is 5.20. The highest BCUT2D eigenvalue weighted by molar-refractivity contribution is 9.10. The lowest BCUT2D eigenvalue weighted by Crippen LogP contribution is -2.44. The van der Waals surface area contributed by atoms with E-state index in [0.29, 0.717) is 37.7 Å². The van der Waals surface area contributed by atoms with Gasteiger partial charge in [-0.3, -0.25) is 0 Å².